The third kappa shape index (κ3) is 2.88. The minimum absolute atomic E-state index is 0.186. The highest BCUT2D eigenvalue weighted by Crippen LogP contribution is 2.29. The maximum Gasteiger partial charge on any atom is 0.123 e. The van der Waals surface area contributed by atoms with Crippen LogP contribution in [0.25, 0.3) is 0 Å². The zero-order chi connectivity index (χ0) is 13.9. The average Bonchev–Trinajstić information content (AvgIpc) is 2.85. The predicted molar refractivity (Wildman–Crippen MR) is 78.0 cm³/mol. The van der Waals surface area contributed by atoms with Crippen molar-refractivity contribution in [2.75, 3.05) is 13.6 Å². The van der Waals surface area contributed by atoms with Gasteiger partial charge in [-0.2, -0.15) is 0 Å². The van der Waals surface area contributed by atoms with Crippen LogP contribution in [0.3, 0.4) is 0 Å². The molecule has 1 aromatic carbocycles. The van der Waals surface area contributed by atoms with Crippen molar-refractivity contribution in [3.05, 3.63) is 65.2 Å². The lowest BCUT2D eigenvalue weighted by atomic mass is 10.1. The first-order valence-electron chi connectivity index (χ1n) is 7.13. The molecule has 0 saturated carbocycles. The Balaban J connectivity index is 1.81. The van der Waals surface area contributed by atoms with Crippen molar-refractivity contribution in [3.63, 3.8) is 0 Å². The van der Waals surface area contributed by atoms with E-state index in [0.29, 0.717) is 12.5 Å². The molecule has 0 aliphatic carbocycles. The Morgan fingerprint density at radius 2 is 2.10 bits per heavy atom. The van der Waals surface area contributed by atoms with Crippen LogP contribution in [0.5, 0.6) is 0 Å². The van der Waals surface area contributed by atoms with Crippen molar-refractivity contribution in [1.82, 2.24) is 9.88 Å². The fourth-order valence-corrected chi connectivity index (χ4v) is 2.92. The van der Waals surface area contributed by atoms with Crippen molar-refractivity contribution in [3.8, 4) is 0 Å². The standard InChI is InChI=1S/C17H19FN2/c1-20-10-4-9-17(20)16-8-3-7-15(19-16)12-13-5-2-6-14(18)11-13/h2-3,5-8,11,17H,4,9-10,12H2,1H3. The first-order valence-corrected chi connectivity index (χ1v) is 7.13. The van der Waals surface area contributed by atoms with Crippen LogP contribution in [0.4, 0.5) is 4.39 Å². The molecule has 0 spiro atoms. The van der Waals surface area contributed by atoms with Crippen LogP contribution in [0.1, 0.15) is 35.8 Å². The smallest absolute Gasteiger partial charge is 0.123 e. The van der Waals surface area contributed by atoms with E-state index in [-0.39, 0.29) is 5.82 Å². The van der Waals surface area contributed by atoms with Crippen LogP contribution < -0.4 is 0 Å². The van der Waals surface area contributed by atoms with Crippen molar-refractivity contribution in [1.29, 1.82) is 0 Å². The molecule has 1 unspecified atom stereocenters. The molecule has 1 fully saturated rings. The number of nitrogens with zero attached hydrogens (tertiary/aromatic N) is 2. The second-order valence-electron chi connectivity index (χ2n) is 5.50. The number of pyridine rings is 1. The predicted octanol–water partition coefficient (Wildman–Crippen LogP) is 3.58. The third-order valence-corrected chi connectivity index (χ3v) is 3.96. The third-order valence-electron chi connectivity index (χ3n) is 3.96. The second kappa shape index (κ2) is 5.71. The van der Waals surface area contributed by atoms with Gasteiger partial charge < -0.3 is 0 Å². The number of benzene rings is 1. The molecule has 0 radical (unpaired) electrons. The molecule has 20 heavy (non-hydrogen) atoms. The first-order chi connectivity index (χ1) is 9.72. The van der Waals surface area contributed by atoms with Crippen LogP contribution in [0.15, 0.2) is 42.5 Å². The summed E-state index contributed by atoms with van der Waals surface area (Å²) < 4.78 is 13.2. The van der Waals surface area contributed by atoms with Gasteiger partial charge in [0.05, 0.1) is 11.7 Å². The van der Waals surface area contributed by atoms with E-state index in [4.69, 9.17) is 4.98 Å². The van der Waals surface area contributed by atoms with E-state index in [9.17, 15) is 4.39 Å². The summed E-state index contributed by atoms with van der Waals surface area (Å²) in [6.07, 6.45) is 3.09. The Morgan fingerprint density at radius 1 is 1.25 bits per heavy atom. The quantitative estimate of drug-likeness (QED) is 0.847. The summed E-state index contributed by atoms with van der Waals surface area (Å²) >= 11 is 0. The van der Waals surface area contributed by atoms with Gasteiger partial charge in [0.15, 0.2) is 0 Å². The lowest BCUT2D eigenvalue weighted by molar-refractivity contribution is 0.311. The topological polar surface area (TPSA) is 16.1 Å². The molecule has 1 aliphatic heterocycles. The molecule has 0 amide bonds. The summed E-state index contributed by atoms with van der Waals surface area (Å²) in [6.45, 7) is 1.14. The van der Waals surface area contributed by atoms with Crippen molar-refractivity contribution < 1.29 is 4.39 Å². The minimum atomic E-state index is -0.186. The average molecular weight is 270 g/mol. The van der Waals surface area contributed by atoms with Crippen LogP contribution >= 0.6 is 0 Å². The Hall–Kier alpha value is -1.74. The molecule has 2 heterocycles. The van der Waals surface area contributed by atoms with Gasteiger partial charge in [-0.1, -0.05) is 18.2 Å². The molecular formula is C17H19FN2. The molecule has 1 aliphatic rings. The molecule has 0 N–H and O–H groups in total. The van der Waals surface area contributed by atoms with Gasteiger partial charge in [-0.3, -0.25) is 9.88 Å². The summed E-state index contributed by atoms with van der Waals surface area (Å²) in [5.74, 6) is -0.186. The van der Waals surface area contributed by atoms with Crippen LogP contribution in [-0.4, -0.2) is 23.5 Å². The minimum Gasteiger partial charge on any atom is -0.298 e. The van der Waals surface area contributed by atoms with Gasteiger partial charge in [-0.05, 0) is 56.3 Å². The van der Waals surface area contributed by atoms with E-state index >= 15 is 0 Å². The Kier molecular flexibility index (Phi) is 3.79. The summed E-state index contributed by atoms with van der Waals surface area (Å²) in [4.78, 5) is 7.12. The summed E-state index contributed by atoms with van der Waals surface area (Å²) in [5.41, 5.74) is 3.11. The highest BCUT2D eigenvalue weighted by atomic mass is 19.1. The van der Waals surface area contributed by atoms with E-state index in [1.807, 2.05) is 12.1 Å². The van der Waals surface area contributed by atoms with Crippen LogP contribution in [0, 0.1) is 5.82 Å². The number of likely N-dealkylation sites (tertiary alicyclic amines) is 1. The number of hydrogen-bond acceptors (Lipinski definition) is 2. The maximum atomic E-state index is 13.2. The number of rotatable bonds is 3. The van der Waals surface area contributed by atoms with Crippen molar-refractivity contribution >= 4 is 0 Å². The summed E-state index contributed by atoms with van der Waals surface area (Å²) in [7, 11) is 2.15. The Morgan fingerprint density at radius 3 is 2.85 bits per heavy atom. The van der Waals surface area contributed by atoms with E-state index in [1.54, 1.807) is 12.1 Å². The number of halogens is 1. The van der Waals surface area contributed by atoms with Crippen LogP contribution in [-0.2, 0) is 6.42 Å². The summed E-state index contributed by atoms with van der Waals surface area (Å²) in [5, 5.41) is 0. The molecule has 1 atom stereocenters. The number of aromatic nitrogens is 1. The largest absolute Gasteiger partial charge is 0.298 e. The van der Waals surface area contributed by atoms with Gasteiger partial charge in [0.2, 0.25) is 0 Å². The normalized spacial score (nSPS) is 19.4. The molecule has 3 rings (SSSR count). The van der Waals surface area contributed by atoms with Gasteiger partial charge in [-0.25, -0.2) is 4.39 Å². The zero-order valence-electron chi connectivity index (χ0n) is 11.7. The van der Waals surface area contributed by atoms with Gasteiger partial charge in [0.25, 0.3) is 0 Å². The van der Waals surface area contributed by atoms with E-state index in [0.717, 1.165) is 23.5 Å². The second-order valence-corrected chi connectivity index (χ2v) is 5.50. The number of hydrogen-bond donors (Lipinski definition) is 0. The van der Waals surface area contributed by atoms with Gasteiger partial charge in [0, 0.05) is 12.1 Å². The Bertz CT molecular complexity index is 597. The summed E-state index contributed by atoms with van der Waals surface area (Å²) in [6, 6.07) is 13.4. The van der Waals surface area contributed by atoms with Crippen molar-refractivity contribution in [2.45, 2.75) is 25.3 Å². The molecule has 1 saturated heterocycles. The molecule has 2 nitrogen and oxygen atoms in total. The monoisotopic (exact) mass is 270 g/mol. The van der Waals surface area contributed by atoms with Gasteiger partial charge in [-0.15, -0.1) is 0 Å². The zero-order valence-corrected chi connectivity index (χ0v) is 11.7. The first kappa shape index (κ1) is 13.3. The lowest BCUT2D eigenvalue weighted by Crippen LogP contribution is -2.18. The molecule has 3 heteroatoms. The molecular weight excluding hydrogens is 251 g/mol. The maximum absolute atomic E-state index is 13.2. The van der Waals surface area contributed by atoms with Crippen LogP contribution in [0.2, 0.25) is 0 Å². The fraction of sp³-hybridized carbons (Fsp3) is 0.353. The highest BCUT2D eigenvalue weighted by molar-refractivity contribution is 5.24. The lowest BCUT2D eigenvalue weighted by Gasteiger charge is -2.19. The molecule has 1 aromatic heterocycles. The van der Waals surface area contributed by atoms with E-state index in [2.05, 4.69) is 24.1 Å². The Labute approximate surface area is 119 Å². The van der Waals surface area contributed by atoms with Gasteiger partial charge >= 0.3 is 0 Å². The molecule has 0 bridgehead atoms. The fourth-order valence-electron chi connectivity index (χ4n) is 2.92. The van der Waals surface area contributed by atoms with E-state index < -0.39 is 0 Å². The highest BCUT2D eigenvalue weighted by Gasteiger charge is 2.23. The van der Waals surface area contributed by atoms with Crippen molar-refractivity contribution in [2.24, 2.45) is 0 Å². The SMILES string of the molecule is CN1CCCC1c1cccc(Cc2cccc(F)c2)n1. The van der Waals surface area contributed by atoms with E-state index in [1.165, 1.54) is 18.9 Å². The molecule has 2 aromatic rings. The molecule has 104 valence electrons. The van der Waals surface area contributed by atoms with Gasteiger partial charge in [0.1, 0.15) is 5.82 Å².